The highest BCUT2D eigenvalue weighted by atomic mass is 19.2. The number of hydrogen-bond donors (Lipinski definition) is 1. The maximum Gasteiger partial charge on any atom is 0.159 e. The third-order valence-corrected chi connectivity index (χ3v) is 3.59. The molecule has 0 aromatic heterocycles. The van der Waals surface area contributed by atoms with Gasteiger partial charge < -0.3 is 9.84 Å². The fourth-order valence-electron chi connectivity index (χ4n) is 2.25. The molecule has 0 aliphatic heterocycles. The summed E-state index contributed by atoms with van der Waals surface area (Å²) < 4.78 is 31.2. The molecule has 4 heteroatoms. The zero-order valence-electron chi connectivity index (χ0n) is 9.75. The summed E-state index contributed by atoms with van der Waals surface area (Å²) in [7, 11) is 1.62. The smallest absolute Gasteiger partial charge is 0.159 e. The monoisotopic (exact) mass is 242 g/mol. The van der Waals surface area contributed by atoms with Gasteiger partial charge in [0, 0.05) is 13.5 Å². The minimum absolute atomic E-state index is 0.287. The van der Waals surface area contributed by atoms with Gasteiger partial charge in [0.05, 0.1) is 11.7 Å². The van der Waals surface area contributed by atoms with Crippen LogP contribution in [0.15, 0.2) is 18.2 Å². The maximum atomic E-state index is 13.0. The Morgan fingerprint density at radius 1 is 1.35 bits per heavy atom. The lowest BCUT2D eigenvalue weighted by atomic mass is 9.75. The van der Waals surface area contributed by atoms with E-state index in [1.165, 1.54) is 6.07 Å². The van der Waals surface area contributed by atoms with Gasteiger partial charge in [0.1, 0.15) is 0 Å². The standard InChI is InChI=1S/C13H16F2O2/c1-17-13(5-2-6-13)8-12(16)9-3-4-10(14)11(15)7-9/h3-4,7,12,16H,2,5-6,8H2,1H3. The van der Waals surface area contributed by atoms with Crippen molar-refractivity contribution in [1.29, 1.82) is 0 Å². The first-order valence-electron chi connectivity index (χ1n) is 5.74. The third kappa shape index (κ3) is 2.48. The van der Waals surface area contributed by atoms with Crippen LogP contribution in [0.3, 0.4) is 0 Å². The number of aliphatic hydroxyl groups is 1. The SMILES string of the molecule is COC1(CC(O)c2ccc(F)c(F)c2)CCC1. The Bertz CT molecular complexity index is 397. The molecule has 0 spiro atoms. The van der Waals surface area contributed by atoms with E-state index in [1.54, 1.807) is 7.11 Å². The van der Waals surface area contributed by atoms with Crippen LogP contribution in [-0.2, 0) is 4.74 Å². The molecule has 0 heterocycles. The summed E-state index contributed by atoms with van der Waals surface area (Å²) >= 11 is 0. The molecule has 17 heavy (non-hydrogen) atoms. The highest BCUT2D eigenvalue weighted by Crippen LogP contribution is 2.41. The first-order valence-corrected chi connectivity index (χ1v) is 5.74. The van der Waals surface area contributed by atoms with E-state index in [2.05, 4.69) is 0 Å². The zero-order valence-corrected chi connectivity index (χ0v) is 9.75. The summed E-state index contributed by atoms with van der Waals surface area (Å²) in [5.74, 6) is -1.83. The summed E-state index contributed by atoms with van der Waals surface area (Å²) in [4.78, 5) is 0. The van der Waals surface area contributed by atoms with Gasteiger partial charge in [0.2, 0.25) is 0 Å². The summed E-state index contributed by atoms with van der Waals surface area (Å²) in [5.41, 5.74) is 0.108. The third-order valence-electron chi connectivity index (χ3n) is 3.59. The number of hydrogen-bond acceptors (Lipinski definition) is 2. The van der Waals surface area contributed by atoms with Crippen LogP contribution in [0.5, 0.6) is 0 Å². The molecule has 2 rings (SSSR count). The van der Waals surface area contributed by atoms with Crippen molar-refractivity contribution in [2.24, 2.45) is 0 Å². The van der Waals surface area contributed by atoms with Crippen LogP contribution in [0.25, 0.3) is 0 Å². The average molecular weight is 242 g/mol. The molecule has 0 saturated heterocycles. The summed E-state index contributed by atoms with van der Waals surface area (Å²) in [6.45, 7) is 0. The van der Waals surface area contributed by atoms with E-state index in [0.29, 0.717) is 12.0 Å². The molecule has 1 aromatic rings. The molecular weight excluding hydrogens is 226 g/mol. The van der Waals surface area contributed by atoms with Crippen molar-refractivity contribution in [3.63, 3.8) is 0 Å². The minimum Gasteiger partial charge on any atom is -0.388 e. The Balaban J connectivity index is 2.08. The largest absolute Gasteiger partial charge is 0.388 e. The fraction of sp³-hybridized carbons (Fsp3) is 0.538. The molecule has 0 bridgehead atoms. The quantitative estimate of drug-likeness (QED) is 0.879. The van der Waals surface area contributed by atoms with Gasteiger partial charge in [-0.2, -0.15) is 0 Å². The summed E-state index contributed by atoms with van der Waals surface area (Å²) in [6.07, 6.45) is 2.51. The van der Waals surface area contributed by atoms with E-state index in [0.717, 1.165) is 31.4 Å². The molecule has 1 aliphatic carbocycles. The molecule has 1 saturated carbocycles. The number of aliphatic hydroxyl groups excluding tert-OH is 1. The van der Waals surface area contributed by atoms with Crippen LogP contribution in [0.4, 0.5) is 8.78 Å². The first kappa shape index (κ1) is 12.5. The lowest BCUT2D eigenvalue weighted by Crippen LogP contribution is -2.40. The lowest BCUT2D eigenvalue weighted by Gasteiger charge is -2.41. The Morgan fingerprint density at radius 2 is 2.06 bits per heavy atom. The predicted molar refractivity (Wildman–Crippen MR) is 59.5 cm³/mol. The molecule has 1 aromatic carbocycles. The Kier molecular flexibility index (Phi) is 3.45. The van der Waals surface area contributed by atoms with Crippen molar-refractivity contribution in [1.82, 2.24) is 0 Å². The van der Waals surface area contributed by atoms with Crippen LogP contribution in [-0.4, -0.2) is 17.8 Å². The van der Waals surface area contributed by atoms with Crippen LogP contribution in [0.1, 0.15) is 37.4 Å². The van der Waals surface area contributed by atoms with Crippen LogP contribution >= 0.6 is 0 Å². The second-order valence-corrected chi connectivity index (χ2v) is 4.63. The van der Waals surface area contributed by atoms with Crippen LogP contribution < -0.4 is 0 Å². The van der Waals surface area contributed by atoms with Gasteiger partial charge in [-0.05, 0) is 37.0 Å². The number of methoxy groups -OCH3 is 1. The molecule has 0 amide bonds. The molecule has 94 valence electrons. The lowest BCUT2D eigenvalue weighted by molar-refractivity contribution is -0.0999. The molecule has 1 aliphatic rings. The Morgan fingerprint density at radius 3 is 2.53 bits per heavy atom. The van der Waals surface area contributed by atoms with E-state index in [4.69, 9.17) is 4.74 Å². The number of halogens is 2. The van der Waals surface area contributed by atoms with Crippen LogP contribution in [0.2, 0.25) is 0 Å². The van der Waals surface area contributed by atoms with Gasteiger partial charge >= 0.3 is 0 Å². The fourth-order valence-corrected chi connectivity index (χ4v) is 2.25. The predicted octanol–water partition coefficient (Wildman–Crippen LogP) is 2.96. The number of benzene rings is 1. The van der Waals surface area contributed by atoms with Crippen molar-refractivity contribution in [3.8, 4) is 0 Å². The van der Waals surface area contributed by atoms with E-state index in [1.807, 2.05) is 0 Å². The molecule has 1 unspecified atom stereocenters. The molecule has 1 fully saturated rings. The number of rotatable bonds is 4. The molecule has 1 N–H and O–H groups in total. The van der Waals surface area contributed by atoms with Gasteiger partial charge in [-0.3, -0.25) is 0 Å². The molecular formula is C13H16F2O2. The van der Waals surface area contributed by atoms with E-state index in [9.17, 15) is 13.9 Å². The molecule has 2 nitrogen and oxygen atoms in total. The van der Waals surface area contributed by atoms with Crippen molar-refractivity contribution in [2.75, 3.05) is 7.11 Å². The zero-order chi connectivity index (χ0) is 12.5. The summed E-state index contributed by atoms with van der Waals surface area (Å²) in [6, 6.07) is 3.49. The normalized spacial score (nSPS) is 19.8. The van der Waals surface area contributed by atoms with Gasteiger partial charge in [-0.15, -0.1) is 0 Å². The van der Waals surface area contributed by atoms with Gasteiger partial charge in [-0.25, -0.2) is 8.78 Å². The highest BCUT2D eigenvalue weighted by molar-refractivity contribution is 5.20. The molecule has 1 atom stereocenters. The van der Waals surface area contributed by atoms with Gasteiger partial charge in [0.25, 0.3) is 0 Å². The second kappa shape index (κ2) is 4.70. The van der Waals surface area contributed by atoms with Crippen molar-refractivity contribution < 1.29 is 18.6 Å². The Hall–Kier alpha value is -1.00. The van der Waals surface area contributed by atoms with E-state index < -0.39 is 17.7 Å². The first-order chi connectivity index (χ1) is 8.06. The van der Waals surface area contributed by atoms with Crippen molar-refractivity contribution >= 4 is 0 Å². The van der Waals surface area contributed by atoms with Crippen LogP contribution in [0, 0.1) is 11.6 Å². The van der Waals surface area contributed by atoms with Gasteiger partial charge in [-0.1, -0.05) is 6.07 Å². The van der Waals surface area contributed by atoms with Crippen molar-refractivity contribution in [2.45, 2.75) is 37.4 Å². The summed E-state index contributed by atoms with van der Waals surface area (Å²) in [5, 5.41) is 10.00. The second-order valence-electron chi connectivity index (χ2n) is 4.63. The average Bonchev–Trinajstić information content (AvgIpc) is 2.27. The number of ether oxygens (including phenoxy) is 1. The van der Waals surface area contributed by atoms with Crippen molar-refractivity contribution in [3.05, 3.63) is 35.4 Å². The molecule has 0 radical (unpaired) electrons. The maximum absolute atomic E-state index is 13.0. The topological polar surface area (TPSA) is 29.5 Å². The van der Waals surface area contributed by atoms with E-state index >= 15 is 0 Å². The van der Waals surface area contributed by atoms with Gasteiger partial charge in [0.15, 0.2) is 11.6 Å². The Labute approximate surface area is 99.2 Å². The minimum atomic E-state index is -0.929. The van der Waals surface area contributed by atoms with E-state index in [-0.39, 0.29) is 5.60 Å². The highest BCUT2D eigenvalue weighted by Gasteiger charge is 2.39.